The van der Waals surface area contributed by atoms with Crippen LogP contribution in [-0.2, 0) is 65.4 Å². The quantitative estimate of drug-likeness (QED) is 0.0169. The van der Waals surface area contributed by atoms with E-state index < -0.39 is 97.5 Å². The van der Waals surface area contributed by atoms with Crippen LogP contribution in [0.4, 0.5) is 0 Å². The van der Waals surface area contributed by atoms with E-state index in [4.69, 9.17) is 37.0 Å². The van der Waals surface area contributed by atoms with E-state index in [1.165, 1.54) is 186 Å². The fraction of sp³-hybridized carbons (Fsp3) is 0.897. The maximum atomic E-state index is 13.1. The molecular formula is C78H148O17P2. The number of phosphoric ester groups is 2. The normalized spacial score (nSPS) is 14.4. The van der Waals surface area contributed by atoms with Crippen molar-refractivity contribution in [1.82, 2.24) is 0 Å². The number of rotatable bonds is 76. The Morgan fingerprint density at radius 3 is 0.876 bits per heavy atom. The fourth-order valence-corrected chi connectivity index (χ4v) is 13.1. The number of allylic oxidation sites excluding steroid dienone is 4. The number of phosphoric acid groups is 2. The van der Waals surface area contributed by atoms with Crippen molar-refractivity contribution in [2.24, 2.45) is 5.92 Å². The van der Waals surface area contributed by atoms with E-state index in [2.05, 4.69) is 58.9 Å². The van der Waals surface area contributed by atoms with Gasteiger partial charge in [0.1, 0.15) is 19.3 Å². The summed E-state index contributed by atoms with van der Waals surface area (Å²) in [7, 11) is -9.91. The molecule has 0 heterocycles. The van der Waals surface area contributed by atoms with E-state index in [1.54, 1.807) is 0 Å². The summed E-state index contributed by atoms with van der Waals surface area (Å²) >= 11 is 0. The number of esters is 4. The first kappa shape index (κ1) is 94.5. The number of ether oxygens (including phenoxy) is 4. The molecule has 0 amide bonds. The molecule has 572 valence electrons. The predicted molar refractivity (Wildman–Crippen MR) is 395 cm³/mol. The number of aliphatic hydroxyl groups is 1. The molecule has 0 bridgehead atoms. The van der Waals surface area contributed by atoms with E-state index in [9.17, 15) is 43.2 Å². The Kier molecular flexibility index (Phi) is 68.8. The van der Waals surface area contributed by atoms with E-state index in [0.717, 1.165) is 121 Å². The first-order chi connectivity index (χ1) is 47.1. The van der Waals surface area contributed by atoms with Gasteiger partial charge in [-0.25, -0.2) is 9.13 Å². The van der Waals surface area contributed by atoms with Crippen molar-refractivity contribution < 1.29 is 80.2 Å². The largest absolute Gasteiger partial charge is 0.472 e. The molecule has 0 aliphatic carbocycles. The molecule has 0 aliphatic rings. The molecule has 0 aromatic rings. The summed E-state index contributed by atoms with van der Waals surface area (Å²) in [6.07, 6.45) is 63.6. The van der Waals surface area contributed by atoms with Crippen LogP contribution in [0.25, 0.3) is 0 Å². The highest BCUT2D eigenvalue weighted by Crippen LogP contribution is 2.45. The molecule has 0 spiro atoms. The maximum absolute atomic E-state index is 13.1. The van der Waals surface area contributed by atoms with Crippen molar-refractivity contribution in [2.45, 2.75) is 406 Å². The smallest absolute Gasteiger partial charge is 0.462 e. The van der Waals surface area contributed by atoms with Gasteiger partial charge in [-0.05, 0) is 57.3 Å². The van der Waals surface area contributed by atoms with Crippen molar-refractivity contribution in [3.63, 3.8) is 0 Å². The summed E-state index contributed by atoms with van der Waals surface area (Å²) in [6, 6.07) is 0. The van der Waals surface area contributed by atoms with Crippen LogP contribution in [0.3, 0.4) is 0 Å². The standard InChI is InChI=1S/C78H148O17P2/c1-6-10-13-16-18-20-22-24-30-35-39-43-47-52-57-62-76(81)89-68-74(95-78(83)64-59-54-49-45-41-37-33-29-27-26-28-32-34-38-42-46-51-55-60-71(5)9-4)70-93-97(86,87)91-66-72(79)65-90-96(84,85)92-69-73(67-88-75(80)61-56-50-15-12-8-3)94-77(82)63-58-53-48-44-40-36-31-25-23-21-19-17-14-11-7-2/h20,22,24,30,71-74,79H,6-19,21,23,25-29,31-70H2,1-5H3,(H,84,85)(H,86,87)/b22-20-,30-24-/t71?,72-,73+,74+/m0/s1. The van der Waals surface area contributed by atoms with Gasteiger partial charge < -0.3 is 33.8 Å². The zero-order valence-electron chi connectivity index (χ0n) is 62.7. The van der Waals surface area contributed by atoms with Crippen molar-refractivity contribution >= 4 is 39.5 Å². The van der Waals surface area contributed by atoms with Crippen molar-refractivity contribution in [3.05, 3.63) is 24.3 Å². The minimum absolute atomic E-state index is 0.102. The van der Waals surface area contributed by atoms with Crippen molar-refractivity contribution in [3.8, 4) is 0 Å². The Labute approximate surface area is 592 Å². The summed E-state index contributed by atoms with van der Waals surface area (Å²) in [5.41, 5.74) is 0. The fourth-order valence-electron chi connectivity index (χ4n) is 11.5. The summed E-state index contributed by atoms with van der Waals surface area (Å²) in [5.74, 6) is -1.28. The Morgan fingerprint density at radius 2 is 0.577 bits per heavy atom. The molecule has 0 radical (unpaired) electrons. The van der Waals surface area contributed by atoms with Crippen LogP contribution in [0, 0.1) is 5.92 Å². The molecule has 0 saturated heterocycles. The third-order valence-electron chi connectivity index (χ3n) is 18.0. The lowest BCUT2D eigenvalue weighted by Gasteiger charge is -2.21. The lowest BCUT2D eigenvalue weighted by Crippen LogP contribution is -2.30. The molecule has 0 rings (SSSR count). The lowest BCUT2D eigenvalue weighted by molar-refractivity contribution is -0.161. The Balaban J connectivity index is 5.14. The van der Waals surface area contributed by atoms with Gasteiger partial charge in [0, 0.05) is 25.7 Å². The number of unbranched alkanes of at least 4 members (excludes halogenated alkanes) is 44. The van der Waals surface area contributed by atoms with Gasteiger partial charge in [-0.3, -0.25) is 37.3 Å². The summed E-state index contributed by atoms with van der Waals surface area (Å²) in [5, 5.41) is 10.6. The highest BCUT2D eigenvalue weighted by Gasteiger charge is 2.30. The van der Waals surface area contributed by atoms with Gasteiger partial charge >= 0.3 is 39.5 Å². The van der Waals surface area contributed by atoms with E-state index >= 15 is 0 Å². The predicted octanol–water partition coefficient (Wildman–Crippen LogP) is 22.8. The molecule has 19 heteroatoms. The van der Waals surface area contributed by atoms with Crippen LogP contribution in [0.5, 0.6) is 0 Å². The molecule has 17 nitrogen and oxygen atoms in total. The second kappa shape index (κ2) is 70.6. The number of carbonyl (C=O) groups excluding carboxylic acids is 4. The minimum atomic E-state index is -4.96. The average molecular weight is 1420 g/mol. The van der Waals surface area contributed by atoms with Gasteiger partial charge in [0.2, 0.25) is 0 Å². The molecule has 6 atom stereocenters. The van der Waals surface area contributed by atoms with Gasteiger partial charge in [0.25, 0.3) is 0 Å². The molecular weight excluding hydrogens is 1270 g/mol. The molecule has 0 aromatic heterocycles. The van der Waals surface area contributed by atoms with E-state index in [0.29, 0.717) is 25.7 Å². The lowest BCUT2D eigenvalue weighted by atomic mass is 9.99. The highest BCUT2D eigenvalue weighted by atomic mass is 31.2. The van der Waals surface area contributed by atoms with Crippen molar-refractivity contribution in [2.75, 3.05) is 39.6 Å². The second-order valence-electron chi connectivity index (χ2n) is 27.7. The molecule has 0 aliphatic heterocycles. The van der Waals surface area contributed by atoms with Crippen LogP contribution in [0.15, 0.2) is 24.3 Å². The van der Waals surface area contributed by atoms with Gasteiger partial charge in [0.15, 0.2) is 12.2 Å². The number of hydrogen-bond donors (Lipinski definition) is 3. The molecule has 0 fully saturated rings. The number of hydrogen-bond acceptors (Lipinski definition) is 15. The Bertz CT molecular complexity index is 1950. The Hall–Kier alpha value is -2.46. The van der Waals surface area contributed by atoms with E-state index in [-0.39, 0.29) is 25.7 Å². The monoisotopic (exact) mass is 1420 g/mol. The van der Waals surface area contributed by atoms with Crippen LogP contribution in [0.1, 0.15) is 388 Å². The van der Waals surface area contributed by atoms with E-state index in [1.807, 2.05) is 0 Å². The summed E-state index contributed by atoms with van der Waals surface area (Å²) in [4.78, 5) is 72.6. The first-order valence-corrected chi connectivity index (χ1v) is 43.0. The molecule has 0 saturated carbocycles. The summed E-state index contributed by atoms with van der Waals surface area (Å²) in [6.45, 7) is 7.22. The molecule has 97 heavy (non-hydrogen) atoms. The second-order valence-corrected chi connectivity index (χ2v) is 30.6. The van der Waals surface area contributed by atoms with Crippen LogP contribution in [0.2, 0.25) is 0 Å². The van der Waals surface area contributed by atoms with Crippen LogP contribution < -0.4 is 0 Å². The maximum Gasteiger partial charge on any atom is 0.472 e. The third kappa shape index (κ3) is 70.4. The summed E-state index contributed by atoms with van der Waals surface area (Å²) < 4.78 is 68.3. The molecule has 3 unspecified atom stereocenters. The topological polar surface area (TPSA) is 237 Å². The third-order valence-corrected chi connectivity index (χ3v) is 19.9. The minimum Gasteiger partial charge on any atom is -0.462 e. The first-order valence-electron chi connectivity index (χ1n) is 40.0. The van der Waals surface area contributed by atoms with Gasteiger partial charge in [-0.2, -0.15) is 0 Å². The number of carbonyl (C=O) groups is 4. The van der Waals surface area contributed by atoms with Crippen molar-refractivity contribution in [1.29, 1.82) is 0 Å². The molecule has 3 N–H and O–H groups in total. The zero-order valence-corrected chi connectivity index (χ0v) is 64.5. The molecule has 0 aromatic carbocycles. The number of aliphatic hydroxyl groups excluding tert-OH is 1. The zero-order chi connectivity index (χ0) is 71.2. The Morgan fingerprint density at radius 1 is 0.330 bits per heavy atom. The SMILES string of the molecule is CCCCCC/C=C\C=C/CCCCCCCC(=O)OC[C@H](COP(=O)(O)OC[C@@H](O)COP(=O)(O)OC[C@@H](COC(=O)CCCCCCC)OC(=O)CCCCCCCCCCCCCCCCC)OC(=O)CCCCCCCCCCCCCCCCCCCCC(C)CC. The van der Waals surface area contributed by atoms with Crippen LogP contribution >= 0.6 is 15.6 Å². The van der Waals surface area contributed by atoms with Gasteiger partial charge in [-0.1, -0.05) is 335 Å². The highest BCUT2D eigenvalue weighted by molar-refractivity contribution is 7.47. The van der Waals surface area contributed by atoms with Crippen LogP contribution in [-0.4, -0.2) is 96.7 Å². The van der Waals surface area contributed by atoms with Gasteiger partial charge in [0.05, 0.1) is 26.4 Å². The average Bonchev–Trinajstić information content (AvgIpc) is 1.27. The van der Waals surface area contributed by atoms with Gasteiger partial charge in [-0.15, -0.1) is 0 Å².